The summed E-state index contributed by atoms with van der Waals surface area (Å²) in [4.78, 5) is 12.4. The molecule has 4 bridgehead atoms. The van der Waals surface area contributed by atoms with E-state index in [0.29, 0.717) is 11.8 Å². The van der Waals surface area contributed by atoms with Crippen LogP contribution in [0.2, 0.25) is 0 Å². The van der Waals surface area contributed by atoms with Gasteiger partial charge in [-0.1, -0.05) is 17.7 Å². The number of carbonyl (C=O) groups is 1. The molecule has 5 rings (SSSR count). The fraction of sp³-hybridized carbons (Fsp3) is 0.611. The maximum atomic E-state index is 12.4. The molecule has 4 aliphatic carbocycles. The summed E-state index contributed by atoms with van der Waals surface area (Å²) < 4.78 is 0. The molecule has 3 N–H and O–H groups in total. The van der Waals surface area contributed by atoms with Gasteiger partial charge in [-0.05, 0) is 74.8 Å². The molecule has 0 spiro atoms. The molecule has 4 aliphatic rings. The number of carbonyl (C=O) groups excluding carboxylic acids is 1. The van der Waals surface area contributed by atoms with Crippen molar-refractivity contribution in [1.29, 1.82) is 0 Å². The lowest BCUT2D eigenvalue weighted by Gasteiger charge is -2.60. The molecule has 3 nitrogen and oxygen atoms in total. The van der Waals surface area contributed by atoms with E-state index in [4.69, 9.17) is 5.73 Å². The lowest BCUT2D eigenvalue weighted by Crippen LogP contribution is -2.67. The average molecular weight is 284 g/mol. The van der Waals surface area contributed by atoms with Crippen molar-refractivity contribution in [2.24, 2.45) is 29.4 Å². The van der Waals surface area contributed by atoms with Gasteiger partial charge in [0.1, 0.15) is 5.54 Å². The molecule has 0 unspecified atom stereocenters. The Balaban J connectivity index is 1.70. The number of anilines is 1. The van der Waals surface area contributed by atoms with Crippen molar-refractivity contribution < 1.29 is 4.79 Å². The van der Waals surface area contributed by atoms with Crippen molar-refractivity contribution in [2.75, 3.05) is 5.32 Å². The van der Waals surface area contributed by atoms with Gasteiger partial charge >= 0.3 is 0 Å². The minimum absolute atomic E-state index is 0.142. The van der Waals surface area contributed by atoms with E-state index in [1.807, 2.05) is 0 Å². The van der Waals surface area contributed by atoms with Crippen molar-refractivity contribution in [3.05, 3.63) is 29.8 Å². The van der Waals surface area contributed by atoms with Crippen LogP contribution in [-0.2, 0) is 4.79 Å². The molecule has 0 saturated heterocycles. The molecule has 4 saturated carbocycles. The van der Waals surface area contributed by atoms with Crippen LogP contribution in [0.4, 0.5) is 5.69 Å². The monoisotopic (exact) mass is 284 g/mol. The van der Waals surface area contributed by atoms with Crippen LogP contribution >= 0.6 is 0 Å². The summed E-state index contributed by atoms with van der Waals surface area (Å²) in [7, 11) is 0. The molecule has 112 valence electrons. The standard InChI is InChI=1S/C18H24N2O/c1-11-2-4-16(5-3-11)20-18(17(19)21)14-7-12-6-13(9-14)10-15(18)8-12/h2-5,12-15,20H,6-10H2,1H3,(H2,19,21). The molecule has 4 fully saturated rings. The number of amides is 1. The number of hydrogen-bond acceptors (Lipinski definition) is 2. The summed E-state index contributed by atoms with van der Waals surface area (Å²) in [6.07, 6.45) is 6.08. The first kappa shape index (κ1) is 13.2. The first-order valence-corrected chi connectivity index (χ1v) is 8.22. The Bertz CT molecular complexity index is 535. The number of hydrogen-bond donors (Lipinski definition) is 2. The molecule has 1 aromatic rings. The Kier molecular flexibility index (Phi) is 2.82. The Morgan fingerprint density at radius 1 is 1.05 bits per heavy atom. The smallest absolute Gasteiger partial charge is 0.243 e. The Morgan fingerprint density at radius 2 is 1.57 bits per heavy atom. The Hall–Kier alpha value is -1.51. The second-order valence-electron chi connectivity index (χ2n) is 7.53. The zero-order valence-electron chi connectivity index (χ0n) is 12.6. The maximum Gasteiger partial charge on any atom is 0.243 e. The summed E-state index contributed by atoms with van der Waals surface area (Å²) in [5.74, 6) is 2.37. The van der Waals surface area contributed by atoms with E-state index in [-0.39, 0.29) is 5.91 Å². The third-order valence-electron chi connectivity index (χ3n) is 6.24. The van der Waals surface area contributed by atoms with Crippen molar-refractivity contribution >= 4 is 11.6 Å². The van der Waals surface area contributed by atoms with E-state index < -0.39 is 5.54 Å². The normalized spacial score (nSPS) is 40.2. The predicted octanol–water partition coefficient (Wildman–Crippen LogP) is 3.09. The van der Waals surface area contributed by atoms with E-state index in [9.17, 15) is 4.79 Å². The summed E-state index contributed by atoms with van der Waals surface area (Å²) >= 11 is 0. The number of rotatable bonds is 3. The summed E-state index contributed by atoms with van der Waals surface area (Å²) in [6.45, 7) is 2.08. The highest BCUT2D eigenvalue weighted by atomic mass is 16.1. The third kappa shape index (κ3) is 1.90. The third-order valence-corrected chi connectivity index (χ3v) is 6.24. The van der Waals surface area contributed by atoms with E-state index in [0.717, 1.165) is 17.5 Å². The molecular weight excluding hydrogens is 260 g/mol. The number of nitrogens with two attached hydrogens (primary N) is 1. The topological polar surface area (TPSA) is 55.1 Å². The largest absolute Gasteiger partial charge is 0.371 e. The molecule has 0 radical (unpaired) electrons. The number of nitrogens with one attached hydrogen (secondary N) is 1. The van der Waals surface area contributed by atoms with E-state index in [1.54, 1.807) is 0 Å². The second kappa shape index (κ2) is 4.49. The first-order valence-electron chi connectivity index (χ1n) is 8.22. The van der Waals surface area contributed by atoms with E-state index in [2.05, 4.69) is 36.5 Å². The molecule has 0 aromatic heterocycles. The van der Waals surface area contributed by atoms with Gasteiger partial charge in [0.2, 0.25) is 5.91 Å². The van der Waals surface area contributed by atoms with Crippen molar-refractivity contribution in [3.8, 4) is 0 Å². The van der Waals surface area contributed by atoms with Gasteiger partial charge in [0.15, 0.2) is 0 Å². The Morgan fingerprint density at radius 3 is 2.05 bits per heavy atom. The molecule has 21 heavy (non-hydrogen) atoms. The van der Waals surface area contributed by atoms with Crippen LogP contribution in [0.25, 0.3) is 0 Å². The highest BCUT2D eigenvalue weighted by molar-refractivity contribution is 5.89. The van der Waals surface area contributed by atoms with Gasteiger partial charge in [0.05, 0.1) is 0 Å². The fourth-order valence-electron chi connectivity index (χ4n) is 5.47. The highest BCUT2D eigenvalue weighted by Gasteiger charge is 2.60. The SMILES string of the molecule is Cc1ccc(NC2(C(N)=O)C3CC4CC(C3)CC2C4)cc1. The quantitative estimate of drug-likeness (QED) is 0.896. The Labute approximate surface area is 126 Å². The number of benzene rings is 1. The van der Waals surface area contributed by atoms with Crippen LogP contribution in [0.3, 0.4) is 0 Å². The maximum absolute atomic E-state index is 12.4. The summed E-state index contributed by atoms with van der Waals surface area (Å²) in [5.41, 5.74) is 7.69. The molecule has 0 aliphatic heterocycles. The van der Waals surface area contributed by atoms with Gasteiger partial charge < -0.3 is 11.1 Å². The number of aryl methyl sites for hydroxylation is 1. The fourth-order valence-corrected chi connectivity index (χ4v) is 5.47. The van der Waals surface area contributed by atoms with Gasteiger partial charge in [-0.15, -0.1) is 0 Å². The van der Waals surface area contributed by atoms with Crippen LogP contribution in [0, 0.1) is 30.6 Å². The van der Waals surface area contributed by atoms with Crippen LogP contribution < -0.4 is 11.1 Å². The van der Waals surface area contributed by atoms with Crippen LogP contribution in [-0.4, -0.2) is 11.4 Å². The second-order valence-corrected chi connectivity index (χ2v) is 7.53. The summed E-state index contributed by atoms with van der Waals surface area (Å²) in [5, 5.41) is 3.59. The van der Waals surface area contributed by atoms with Crippen LogP contribution in [0.1, 0.15) is 37.7 Å². The van der Waals surface area contributed by atoms with Crippen LogP contribution in [0.5, 0.6) is 0 Å². The lowest BCUT2D eigenvalue weighted by molar-refractivity contribution is -0.136. The molecule has 1 amide bonds. The van der Waals surface area contributed by atoms with Crippen molar-refractivity contribution in [2.45, 2.75) is 44.6 Å². The minimum atomic E-state index is -0.511. The van der Waals surface area contributed by atoms with Crippen molar-refractivity contribution in [1.82, 2.24) is 0 Å². The molecule has 1 aromatic carbocycles. The average Bonchev–Trinajstić information content (AvgIpc) is 2.44. The van der Waals surface area contributed by atoms with Gasteiger partial charge in [-0.2, -0.15) is 0 Å². The lowest BCUT2D eigenvalue weighted by atomic mass is 9.48. The van der Waals surface area contributed by atoms with E-state index >= 15 is 0 Å². The molecule has 0 heterocycles. The highest BCUT2D eigenvalue weighted by Crippen LogP contribution is 2.59. The molecule has 3 heteroatoms. The van der Waals surface area contributed by atoms with Gasteiger partial charge in [-0.25, -0.2) is 0 Å². The van der Waals surface area contributed by atoms with Gasteiger partial charge in [-0.3, -0.25) is 4.79 Å². The molecule has 0 atom stereocenters. The predicted molar refractivity (Wildman–Crippen MR) is 83.8 cm³/mol. The minimum Gasteiger partial charge on any atom is -0.371 e. The summed E-state index contributed by atoms with van der Waals surface area (Å²) in [6, 6.07) is 8.33. The van der Waals surface area contributed by atoms with Crippen molar-refractivity contribution in [3.63, 3.8) is 0 Å². The molecular formula is C18H24N2O. The first-order chi connectivity index (χ1) is 10.1. The van der Waals surface area contributed by atoms with E-state index in [1.165, 1.54) is 37.7 Å². The van der Waals surface area contributed by atoms with Gasteiger partial charge in [0.25, 0.3) is 0 Å². The zero-order valence-corrected chi connectivity index (χ0v) is 12.6. The number of primary amides is 1. The van der Waals surface area contributed by atoms with Gasteiger partial charge in [0, 0.05) is 5.69 Å². The van der Waals surface area contributed by atoms with Crippen LogP contribution in [0.15, 0.2) is 24.3 Å². The zero-order chi connectivity index (χ0) is 14.6.